The van der Waals surface area contributed by atoms with Crippen LogP contribution in [0.5, 0.6) is 5.75 Å². The summed E-state index contributed by atoms with van der Waals surface area (Å²) >= 11 is 0. The highest BCUT2D eigenvalue weighted by atomic mass is 16.5. The van der Waals surface area contributed by atoms with Crippen molar-refractivity contribution in [2.24, 2.45) is 0 Å². The lowest BCUT2D eigenvalue weighted by Crippen LogP contribution is -2.27. The zero-order valence-corrected chi connectivity index (χ0v) is 13.7. The number of hydrogen-bond donors (Lipinski definition) is 2. The van der Waals surface area contributed by atoms with Gasteiger partial charge in [0.25, 0.3) is 5.56 Å². The van der Waals surface area contributed by atoms with E-state index in [4.69, 9.17) is 4.74 Å². The van der Waals surface area contributed by atoms with Gasteiger partial charge in [-0.2, -0.15) is 0 Å². The summed E-state index contributed by atoms with van der Waals surface area (Å²) in [7, 11) is 0. The minimum absolute atomic E-state index is 0.224. The summed E-state index contributed by atoms with van der Waals surface area (Å²) < 4.78 is 6.54. The molecule has 0 aliphatic heterocycles. The molecule has 2 N–H and O–H groups in total. The number of amides is 1. The topological polar surface area (TPSA) is 80.6 Å². The fourth-order valence-corrected chi connectivity index (χ4v) is 2.21. The van der Waals surface area contributed by atoms with E-state index in [0.29, 0.717) is 19.5 Å². The standard InChI is InChI=1S/C18H22N2O4/c1-2-14-6-8-15(9-7-14)13-24-18(23)19-10-4-12-20-11-3-5-16(21)17(20)22/h3,5-9,11,21H,2,4,10,12-13H2,1H3,(H,19,23). The summed E-state index contributed by atoms with van der Waals surface area (Å²) in [6.07, 6.45) is 2.64. The van der Waals surface area contributed by atoms with Gasteiger partial charge >= 0.3 is 6.09 Å². The SMILES string of the molecule is CCc1ccc(COC(=O)NCCCn2cccc(O)c2=O)cc1. The number of rotatable bonds is 7. The molecular formula is C18H22N2O4. The Bertz CT molecular complexity index is 723. The molecule has 2 rings (SSSR count). The van der Waals surface area contributed by atoms with Crippen LogP contribution in [0.3, 0.4) is 0 Å². The average Bonchev–Trinajstić information content (AvgIpc) is 2.60. The van der Waals surface area contributed by atoms with E-state index in [9.17, 15) is 14.7 Å². The fraction of sp³-hybridized carbons (Fsp3) is 0.333. The number of aryl methyl sites for hydroxylation is 2. The van der Waals surface area contributed by atoms with Gasteiger partial charge in [0.2, 0.25) is 0 Å². The number of carbonyl (C=O) groups excluding carboxylic acids is 1. The molecule has 0 atom stereocenters. The average molecular weight is 330 g/mol. The second kappa shape index (κ2) is 8.76. The minimum Gasteiger partial charge on any atom is -0.503 e. The predicted molar refractivity (Wildman–Crippen MR) is 91.0 cm³/mol. The number of carbonyl (C=O) groups is 1. The predicted octanol–water partition coefficient (Wildman–Crippen LogP) is 2.43. The number of benzene rings is 1. The van der Waals surface area contributed by atoms with Gasteiger partial charge in [0.05, 0.1) is 0 Å². The number of nitrogens with one attached hydrogen (secondary N) is 1. The zero-order valence-electron chi connectivity index (χ0n) is 13.7. The highest BCUT2D eigenvalue weighted by Gasteiger charge is 2.04. The Hall–Kier alpha value is -2.76. The fourth-order valence-electron chi connectivity index (χ4n) is 2.21. The van der Waals surface area contributed by atoms with E-state index in [-0.39, 0.29) is 12.4 Å². The van der Waals surface area contributed by atoms with E-state index >= 15 is 0 Å². The van der Waals surface area contributed by atoms with Crippen LogP contribution in [0, 0.1) is 0 Å². The zero-order chi connectivity index (χ0) is 17.4. The number of aromatic hydroxyl groups is 1. The molecule has 0 fully saturated rings. The van der Waals surface area contributed by atoms with Crippen molar-refractivity contribution >= 4 is 6.09 Å². The molecule has 0 bridgehead atoms. The van der Waals surface area contributed by atoms with Crippen LogP contribution in [0.4, 0.5) is 4.79 Å². The summed E-state index contributed by atoms with van der Waals surface area (Å²) in [5.74, 6) is -0.279. The summed E-state index contributed by atoms with van der Waals surface area (Å²) in [5.41, 5.74) is 1.75. The Kier molecular flexibility index (Phi) is 6.42. The van der Waals surface area contributed by atoms with E-state index in [1.165, 1.54) is 16.2 Å². The highest BCUT2D eigenvalue weighted by Crippen LogP contribution is 2.06. The largest absolute Gasteiger partial charge is 0.503 e. The van der Waals surface area contributed by atoms with Crippen molar-refractivity contribution < 1.29 is 14.6 Å². The maximum Gasteiger partial charge on any atom is 0.407 e. The van der Waals surface area contributed by atoms with Crippen LogP contribution in [0.15, 0.2) is 47.4 Å². The highest BCUT2D eigenvalue weighted by molar-refractivity contribution is 5.67. The van der Waals surface area contributed by atoms with Crippen LogP contribution in [0.1, 0.15) is 24.5 Å². The van der Waals surface area contributed by atoms with Crippen molar-refractivity contribution in [3.63, 3.8) is 0 Å². The van der Waals surface area contributed by atoms with Crippen molar-refractivity contribution in [1.82, 2.24) is 9.88 Å². The van der Waals surface area contributed by atoms with E-state index in [0.717, 1.165) is 12.0 Å². The molecule has 0 unspecified atom stereocenters. The number of alkyl carbamates (subject to hydrolysis) is 1. The first-order valence-electron chi connectivity index (χ1n) is 7.97. The third kappa shape index (κ3) is 5.15. The molecule has 24 heavy (non-hydrogen) atoms. The Morgan fingerprint density at radius 1 is 1.21 bits per heavy atom. The van der Waals surface area contributed by atoms with Gasteiger partial charge in [0.15, 0.2) is 5.75 Å². The van der Waals surface area contributed by atoms with Crippen LogP contribution in [-0.2, 0) is 24.3 Å². The second-order valence-corrected chi connectivity index (χ2v) is 5.42. The number of hydrogen-bond acceptors (Lipinski definition) is 4. The number of ether oxygens (including phenoxy) is 1. The van der Waals surface area contributed by atoms with Crippen molar-refractivity contribution in [2.75, 3.05) is 6.54 Å². The molecule has 2 aromatic rings. The third-order valence-corrected chi connectivity index (χ3v) is 3.65. The third-order valence-electron chi connectivity index (χ3n) is 3.65. The first-order chi connectivity index (χ1) is 11.6. The molecule has 0 radical (unpaired) electrons. The minimum atomic E-state index is -0.488. The van der Waals surface area contributed by atoms with Crippen LogP contribution >= 0.6 is 0 Å². The first-order valence-corrected chi connectivity index (χ1v) is 7.97. The molecular weight excluding hydrogens is 308 g/mol. The van der Waals surface area contributed by atoms with Gasteiger partial charge in [-0.1, -0.05) is 31.2 Å². The van der Waals surface area contributed by atoms with Gasteiger partial charge in [-0.25, -0.2) is 4.79 Å². The van der Waals surface area contributed by atoms with E-state index in [1.54, 1.807) is 12.3 Å². The van der Waals surface area contributed by atoms with Crippen molar-refractivity contribution in [3.8, 4) is 5.75 Å². The Labute approximate surface area is 140 Å². The molecule has 6 heteroatoms. The van der Waals surface area contributed by atoms with Gasteiger partial charge in [-0.3, -0.25) is 4.79 Å². The van der Waals surface area contributed by atoms with Gasteiger partial charge in [0.1, 0.15) is 6.61 Å². The molecule has 128 valence electrons. The molecule has 0 aliphatic carbocycles. The lowest BCUT2D eigenvalue weighted by Gasteiger charge is -2.09. The lowest BCUT2D eigenvalue weighted by atomic mass is 10.1. The Morgan fingerprint density at radius 3 is 2.62 bits per heavy atom. The lowest BCUT2D eigenvalue weighted by molar-refractivity contribution is 0.139. The summed E-state index contributed by atoms with van der Waals surface area (Å²) in [6, 6.07) is 10.9. The van der Waals surface area contributed by atoms with Gasteiger partial charge < -0.3 is 19.7 Å². The summed E-state index contributed by atoms with van der Waals surface area (Å²) in [4.78, 5) is 23.2. The number of aromatic nitrogens is 1. The number of nitrogens with zero attached hydrogens (tertiary/aromatic N) is 1. The molecule has 1 amide bonds. The maximum atomic E-state index is 11.6. The molecule has 0 saturated heterocycles. The summed E-state index contributed by atoms with van der Waals surface area (Å²) in [5, 5.41) is 12.0. The molecule has 1 aromatic heterocycles. The normalized spacial score (nSPS) is 10.4. The molecule has 0 aliphatic rings. The van der Waals surface area contributed by atoms with Crippen molar-refractivity contribution in [2.45, 2.75) is 32.9 Å². The van der Waals surface area contributed by atoms with E-state index < -0.39 is 11.7 Å². The van der Waals surface area contributed by atoms with Crippen LogP contribution in [0.2, 0.25) is 0 Å². The number of pyridine rings is 1. The first kappa shape index (κ1) is 17.6. The smallest absolute Gasteiger partial charge is 0.407 e. The van der Waals surface area contributed by atoms with Crippen molar-refractivity contribution in [3.05, 3.63) is 64.1 Å². The van der Waals surface area contributed by atoms with E-state index in [2.05, 4.69) is 12.2 Å². The molecule has 1 aromatic carbocycles. The van der Waals surface area contributed by atoms with Crippen LogP contribution in [-0.4, -0.2) is 22.3 Å². The summed E-state index contributed by atoms with van der Waals surface area (Å²) in [6.45, 7) is 3.10. The van der Waals surface area contributed by atoms with Crippen LogP contribution < -0.4 is 10.9 Å². The monoisotopic (exact) mass is 330 g/mol. The van der Waals surface area contributed by atoms with Gasteiger partial charge in [-0.15, -0.1) is 0 Å². The van der Waals surface area contributed by atoms with Gasteiger partial charge in [-0.05, 0) is 36.1 Å². The maximum absolute atomic E-state index is 11.6. The quantitative estimate of drug-likeness (QED) is 0.764. The second-order valence-electron chi connectivity index (χ2n) is 5.42. The van der Waals surface area contributed by atoms with E-state index in [1.807, 2.05) is 24.3 Å². The van der Waals surface area contributed by atoms with Crippen molar-refractivity contribution in [1.29, 1.82) is 0 Å². The van der Waals surface area contributed by atoms with Crippen LogP contribution in [0.25, 0.3) is 0 Å². The van der Waals surface area contributed by atoms with Gasteiger partial charge in [0, 0.05) is 19.3 Å². The molecule has 6 nitrogen and oxygen atoms in total. The molecule has 1 heterocycles. The molecule has 0 saturated carbocycles. The Balaban J connectivity index is 1.67. The molecule has 0 spiro atoms. The Morgan fingerprint density at radius 2 is 1.92 bits per heavy atom.